The van der Waals surface area contributed by atoms with Crippen LogP contribution in [0, 0.1) is 19.8 Å². The van der Waals surface area contributed by atoms with Crippen LogP contribution >= 0.6 is 0 Å². The molecular weight excluding hydrogens is 392 g/mol. The normalized spacial score (nSPS) is 18.1. The standard InChI is InChI=1S/C21H28N2O5S/c1-15-11-18(16(2)28-15)14-23-7-5-17(6-8-23)13-22-29(24,25)19-3-4-20-21(12-19)27-10-9-26-20/h3-4,11-12,17,22H,5-10,13-14H2,1-2H3. The fourth-order valence-electron chi connectivity index (χ4n) is 3.93. The summed E-state index contributed by atoms with van der Waals surface area (Å²) in [5.74, 6) is 3.34. The van der Waals surface area contributed by atoms with Gasteiger partial charge in [0.25, 0.3) is 0 Å². The van der Waals surface area contributed by atoms with Crippen molar-refractivity contribution in [3.05, 3.63) is 41.3 Å². The molecule has 1 aromatic heterocycles. The molecule has 2 aliphatic rings. The molecule has 158 valence electrons. The maximum Gasteiger partial charge on any atom is 0.240 e. The van der Waals surface area contributed by atoms with Gasteiger partial charge in [0.15, 0.2) is 11.5 Å². The van der Waals surface area contributed by atoms with Crippen molar-refractivity contribution in [3.63, 3.8) is 0 Å². The van der Waals surface area contributed by atoms with Crippen molar-refractivity contribution >= 4 is 10.0 Å². The summed E-state index contributed by atoms with van der Waals surface area (Å²) in [6.07, 6.45) is 1.94. The maximum absolute atomic E-state index is 12.7. The highest BCUT2D eigenvalue weighted by Gasteiger charge is 2.24. The highest BCUT2D eigenvalue weighted by molar-refractivity contribution is 7.89. The lowest BCUT2D eigenvalue weighted by Gasteiger charge is -2.31. The van der Waals surface area contributed by atoms with Crippen LogP contribution in [0.4, 0.5) is 0 Å². The van der Waals surface area contributed by atoms with E-state index in [4.69, 9.17) is 13.9 Å². The molecule has 2 aromatic rings. The molecule has 0 saturated carbocycles. The van der Waals surface area contributed by atoms with E-state index in [1.54, 1.807) is 12.1 Å². The van der Waals surface area contributed by atoms with Crippen LogP contribution in [0.2, 0.25) is 0 Å². The van der Waals surface area contributed by atoms with Crippen LogP contribution in [0.1, 0.15) is 29.9 Å². The number of likely N-dealkylation sites (tertiary alicyclic amines) is 1. The lowest BCUT2D eigenvalue weighted by Crippen LogP contribution is -2.38. The second-order valence-electron chi connectivity index (χ2n) is 7.82. The Morgan fingerprint density at radius 1 is 1.07 bits per heavy atom. The van der Waals surface area contributed by atoms with E-state index in [-0.39, 0.29) is 4.90 Å². The minimum absolute atomic E-state index is 0.213. The van der Waals surface area contributed by atoms with Gasteiger partial charge in [0, 0.05) is 24.7 Å². The molecule has 4 rings (SSSR count). The van der Waals surface area contributed by atoms with E-state index in [1.165, 1.54) is 11.6 Å². The van der Waals surface area contributed by atoms with Gasteiger partial charge in [0.1, 0.15) is 24.7 Å². The molecule has 7 nitrogen and oxygen atoms in total. The summed E-state index contributed by atoms with van der Waals surface area (Å²) in [5, 5.41) is 0. The van der Waals surface area contributed by atoms with Crippen LogP contribution in [0.15, 0.2) is 33.6 Å². The summed E-state index contributed by atoms with van der Waals surface area (Å²) in [4.78, 5) is 2.62. The highest BCUT2D eigenvalue weighted by Crippen LogP contribution is 2.32. The van der Waals surface area contributed by atoms with Crippen molar-refractivity contribution in [2.45, 2.75) is 38.1 Å². The first-order chi connectivity index (χ1) is 13.9. The Balaban J connectivity index is 1.29. The Bertz CT molecular complexity index is 961. The lowest BCUT2D eigenvalue weighted by molar-refractivity contribution is 0.171. The summed E-state index contributed by atoms with van der Waals surface area (Å²) >= 11 is 0. The van der Waals surface area contributed by atoms with Crippen molar-refractivity contribution in [1.29, 1.82) is 0 Å². The zero-order valence-electron chi connectivity index (χ0n) is 16.9. The van der Waals surface area contributed by atoms with Gasteiger partial charge in [-0.2, -0.15) is 0 Å². The van der Waals surface area contributed by atoms with Crippen LogP contribution in [-0.2, 0) is 16.6 Å². The number of aryl methyl sites for hydroxylation is 2. The average Bonchev–Trinajstić information content (AvgIpc) is 3.04. The second-order valence-corrected chi connectivity index (χ2v) is 9.58. The van der Waals surface area contributed by atoms with E-state index < -0.39 is 10.0 Å². The van der Waals surface area contributed by atoms with Gasteiger partial charge in [-0.1, -0.05) is 0 Å². The number of ether oxygens (including phenoxy) is 2. The molecule has 8 heteroatoms. The molecule has 1 saturated heterocycles. The fraction of sp³-hybridized carbons (Fsp3) is 0.524. The monoisotopic (exact) mass is 420 g/mol. The van der Waals surface area contributed by atoms with Crippen molar-refractivity contribution < 1.29 is 22.3 Å². The molecule has 0 amide bonds. The average molecular weight is 421 g/mol. The highest BCUT2D eigenvalue weighted by atomic mass is 32.2. The number of nitrogens with one attached hydrogen (secondary N) is 1. The summed E-state index contributed by atoms with van der Waals surface area (Å²) in [7, 11) is -3.57. The van der Waals surface area contributed by atoms with Gasteiger partial charge < -0.3 is 13.9 Å². The number of hydrogen-bond donors (Lipinski definition) is 1. The molecule has 0 aliphatic carbocycles. The molecule has 29 heavy (non-hydrogen) atoms. The predicted molar refractivity (Wildman–Crippen MR) is 109 cm³/mol. The number of nitrogens with zero attached hydrogens (tertiary/aromatic N) is 1. The minimum Gasteiger partial charge on any atom is -0.486 e. The number of sulfonamides is 1. The topological polar surface area (TPSA) is 81.0 Å². The number of hydrogen-bond acceptors (Lipinski definition) is 6. The number of piperidine rings is 1. The van der Waals surface area contributed by atoms with E-state index in [9.17, 15) is 8.42 Å². The molecule has 0 radical (unpaired) electrons. The lowest BCUT2D eigenvalue weighted by atomic mass is 9.97. The Labute approximate surface area is 172 Å². The molecule has 1 fully saturated rings. The SMILES string of the molecule is Cc1cc(CN2CCC(CNS(=O)(=O)c3ccc4c(c3)OCCO4)CC2)c(C)o1. The Morgan fingerprint density at radius 3 is 2.48 bits per heavy atom. The van der Waals surface area contributed by atoms with Gasteiger partial charge in [0.05, 0.1) is 4.90 Å². The van der Waals surface area contributed by atoms with Crippen molar-refractivity contribution in [2.24, 2.45) is 5.92 Å². The van der Waals surface area contributed by atoms with Gasteiger partial charge in [-0.15, -0.1) is 0 Å². The number of benzene rings is 1. The molecule has 0 unspecified atom stereocenters. The molecule has 2 aliphatic heterocycles. The van der Waals surface area contributed by atoms with E-state index in [0.29, 0.717) is 37.2 Å². The van der Waals surface area contributed by atoms with E-state index in [2.05, 4.69) is 15.7 Å². The largest absolute Gasteiger partial charge is 0.486 e. The fourth-order valence-corrected chi connectivity index (χ4v) is 5.06. The Morgan fingerprint density at radius 2 is 1.79 bits per heavy atom. The van der Waals surface area contributed by atoms with Gasteiger partial charge in [-0.25, -0.2) is 13.1 Å². The molecular formula is C21H28N2O5S. The Hall–Kier alpha value is -2.03. The zero-order chi connectivity index (χ0) is 20.4. The minimum atomic E-state index is -3.57. The van der Waals surface area contributed by atoms with Crippen molar-refractivity contribution in [2.75, 3.05) is 32.8 Å². The zero-order valence-corrected chi connectivity index (χ0v) is 17.8. The molecule has 0 spiro atoms. The molecule has 0 bridgehead atoms. The van der Waals surface area contributed by atoms with Crippen molar-refractivity contribution in [3.8, 4) is 11.5 Å². The molecule has 1 N–H and O–H groups in total. The summed E-state index contributed by atoms with van der Waals surface area (Å²) in [6, 6.07) is 6.85. The van der Waals surface area contributed by atoms with Crippen LogP contribution in [0.5, 0.6) is 11.5 Å². The Kier molecular flexibility index (Phi) is 5.85. The second kappa shape index (κ2) is 8.38. The van der Waals surface area contributed by atoms with Gasteiger partial charge in [0.2, 0.25) is 10.0 Å². The first-order valence-electron chi connectivity index (χ1n) is 10.1. The number of rotatable bonds is 6. The van der Waals surface area contributed by atoms with Gasteiger partial charge >= 0.3 is 0 Å². The van der Waals surface area contributed by atoms with Crippen LogP contribution < -0.4 is 14.2 Å². The first-order valence-corrected chi connectivity index (χ1v) is 11.6. The van der Waals surface area contributed by atoms with Gasteiger partial charge in [-0.3, -0.25) is 4.90 Å². The van der Waals surface area contributed by atoms with E-state index in [0.717, 1.165) is 44.0 Å². The van der Waals surface area contributed by atoms with E-state index >= 15 is 0 Å². The molecule has 0 atom stereocenters. The first kappa shape index (κ1) is 20.3. The number of fused-ring (bicyclic) bond motifs is 1. The van der Waals surface area contributed by atoms with E-state index in [1.807, 2.05) is 13.8 Å². The third kappa shape index (κ3) is 4.76. The third-order valence-corrected chi connectivity index (χ3v) is 7.05. The van der Waals surface area contributed by atoms with Crippen molar-refractivity contribution in [1.82, 2.24) is 9.62 Å². The summed E-state index contributed by atoms with van der Waals surface area (Å²) in [6.45, 7) is 8.14. The third-order valence-electron chi connectivity index (χ3n) is 5.63. The summed E-state index contributed by atoms with van der Waals surface area (Å²) < 4.78 is 44.7. The van der Waals surface area contributed by atoms with Crippen LogP contribution in [-0.4, -0.2) is 46.2 Å². The van der Waals surface area contributed by atoms with Crippen LogP contribution in [0.25, 0.3) is 0 Å². The molecule has 3 heterocycles. The summed E-state index contributed by atoms with van der Waals surface area (Å²) in [5.41, 5.74) is 1.24. The van der Waals surface area contributed by atoms with Gasteiger partial charge in [-0.05, 0) is 63.9 Å². The predicted octanol–water partition coefficient (Wildman–Crippen LogP) is 2.86. The number of furan rings is 1. The smallest absolute Gasteiger partial charge is 0.240 e. The van der Waals surface area contributed by atoms with Crippen LogP contribution in [0.3, 0.4) is 0 Å². The quantitative estimate of drug-likeness (QED) is 0.774. The maximum atomic E-state index is 12.7. The molecule has 1 aromatic carbocycles.